The monoisotopic (exact) mass is 341 g/mol. The van der Waals surface area contributed by atoms with Crippen LogP contribution in [0, 0.1) is 5.92 Å². The molecule has 1 aliphatic heterocycles. The van der Waals surface area contributed by atoms with Gasteiger partial charge in [-0.15, -0.1) is 0 Å². The lowest BCUT2D eigenvalue weighted by molar-refractivity contribution is -0.128. The highest BCUT2D eigenvalue weighted by Gasteiger charge is 2.24. The van der Waals surface area contributed by atoms with Crippen LogP contribution in [-0.4, -0.2) is 40.7 Å². The molecular weight excluding hydrogens is 318 g/mol. The van der Waals surface area contributed by atoms with Gasteiger partial charge in [0.2, 0.25) is 11.8 Å². The Morgan fingerprint density at radius 1 is 1.32 bits per heavy atom. The SMILES string of the molecule is C[C@H]1C[C@@H](C(=O)NCC(=O)Nc2ccc(-n3cccn3)cc2)CCN1. The standard InChI is InChI=1S/C18H23N5O2/c1-13-11-14(7-9-19-13)18(25)20-12-17(24)22-15-3-5-16(6-4-15)23-10-2-8-21-23/h2-6,8,10,13-14,19H,7,9,11-12H2,1H3,(H,20,25)(H,22,24)/t13-,14-/m0/s1. The van der Waals surface area contributed by atoms with Crippen LogP contribution in [0.3, 0.4) is 0 Å². The quantitative estimate of drug-likeness (QED) is 0.765. The topological polar surface area (TPSA) is 88.1 Å². The average molecular weight is 341 g/mol. The summed E-state index contributed by atoms with van der Waals surface area (Å²) in [5.74, 6) is -0.294. The van der Waals surface area contributed by atoms with Crippen molar-refractivity contribution in [1.29, 1.82) is 0 Å². The van der Waals surface area contributed by atoms with Crippen LogP contribution in [0.25, 0.3) is 5.69 Å². The first-order valence-electron chi connectivity index (χ1n) is 8.53. The van der Waals surface area contributed by atoms with E-state index in [9.17, 15) is 9.59 Å². The number of piperidine rings is 1. The predicted octanol–water partition coefficient (Wildman–Crippen LogP) is 1.32. The van der Waals surface area contributed by atoms with Crippen molar-refractivity contribution in [3.8, 4) is 5.69 Å². The van der Waals surface area contributed by atoms with Crippen LogP contribution in [0.4, 0.5) is 5.69 Å². The molecule has 0 saturated carbocycles. The van der Waals surface area contributed by atoms with Gasteiger partial charge in [-0.05, 0) is 56.6 Å². The molecule has 0 unspecified atom stereocenters. The van der Waals surface area contributed by atoms with Gasteiger partial charge in [-0.1, -0.05) is 0 Å². The Morgan fingerprint density at radius 2 is 2.12 bits per heavy atom. The number of nitrogens with one attached hydrogen (secondary N) is 3. The van der Waals surface area contributed by atoms with Crippen LogP contribution in [0.2, 0.25) is 0 Å². The Labute approximate surface area is 146 Å². The highest BCUT2D eigenvalue weighted by Crippen LogP contribution is 2.16. The third-order valence-corrected chi connectivity index (χ3v) is 4.34. The highest BCUT2D eigenvalue weighted by molar-refractivity contribution is 5.94. The fourth-order valence-corrected chi connectivity index (χ4v) is 3.01. The number of amides is 2. The van der Waals surface area contributed by atoms with E-state index in [1.165, 1.54) is 0 Å². The van der Waals surface area contributed by atoms with Crippen molar-refractivity contribution in [3.63, 3.8) is 0 Å². The van der Waals surface area contributed by atoms with Crippen molar-refractivity contribution in [3.05, 3.63) is 42.7 Å². The lowest BCUT2D eigenvalue weighted by atomic mass is 9.92. The molecule has 1 saturated heterocycles. The van der Waals surface area contributed by atoms with Gasteiger partial charge in [-0.25, -0.2) is 4.68 Å². The van der Waals surface area contributed by atoms with Crippen LogP contribution < -0.4 is 16.0 Å². The van der Waals surface area contributed by atoms with E-state index in [2.05, 4.69) is 28.0 Å². The minimum absolute atomic E-state index is 0.0158. The number of anilines is 1. The van der Waals surface area contributed by atoms with E-state index in [0.29, 0.717) is 11.7 Å². The zero-order chi connectivity index (χ0) is 17.6. The first-order chi connectivity index (χ1) is 12.1. The number of hydrogen-bond acceptors (Lipinski definition) is 4. The van der Waals surface area contributed by atoms with Crippen molar-refractivity contribution in [2.45, 2.75) is 25.8 Å². The van der Waals surface area contributed by atoms with Gasteiger partial charge in [-0.2, -0.15) is 5.10 Å². The van der Waals surface area contributed by atoms with Crippen LogP contribution in [0.5, 0.6) is 0 Å². The summed E-state index contributed by atoms with van der Waals surface area (Å²) < 4.78 is 1.74. The van der Waals surface area contributed by atoms with E-state index in [1.807, 2.05) is 36.5 Å². The summed E-state index contributed by atoms with van der Waals surface area (Å²) in [6, 6.07) is 9.55. The Kier molecular flexibility index (Phi) is 5.45. The summed E-state index contributed by atoms with van der Waals surface area (Å²) in [7, 11) is 0. The van der Waals surface area contributed by atoms with Crippen LogP contribution in [-0.2, 0) is 9.59 Å². The maximum absolute atomic E-state index is 12.1. The van der Waals surface area contributed by atoms with E-state index in [4.69, 9.17) is 0 Å². The molecule has 1 aliphatic rings. The molecule has 1 aromatic heterocycles. The molecule has 0 radical (unpaired) electrons. The summed E-state index contributed by atoms with van der Waals surface area (Å²) in [5.41, 5.74) is 1.60. The lowest BCUT2D eigenvalue weighted by Crippen LogP contribution is -2.44. The van der Waals surface area contributed by atoms with Gasteiger partial charge in [0, 0.05) is 30.0 Å². The zero-order valence-electron chi connectivity index (χ0n) is 14.2. The molecule has 7 heteroatoms. The highest BCUT2D eigenvalue weighted by atomic mass is 16.2. The Morgan fingerprint density at radius 3 is 2.80 bits per heavy atom. The molecular formula is C18H23N5O2. The molecule has 2 aromatic rings. The molecule has 2 amide bonds. The van der Waals surface area contributed by atoms with Gasteiger partial charge in [0.05, 0.1) is 12.2 Å². The number of carbonyl (C=O) groups excluding carboxylic acids is 2. The molecule has 0 bridgehead atoms. The molecule has 1 fully saturated rings. The molecule has 7 nitrogen and oxygen atoms in total. The summed E-state index contributed by atoms with van der Waals surface area (Å²) in [5, 5.41) is 13.0. The van der Waals surface area contributed by atoms with Crippen molar-refractivity contribution < 1.29 is 9.59 Å². The van der Waals surface area contributed by atoms with E-state index < -0.39 is 0 Å². The van der Waals surface area contributed by atoms with Gasteiger partial charge in [-0.3, -0.25) is 9.59 Å². The van der Waals surface area contributed by atoms with Crippen molar-refractivity contribution in [2.24, 2.45) is 5.92 Å². The van der Waals surface area contributed by atoms with Gasteiger partial charge in [0.25, 0.3) is 0 Å². The lowest BCUT2D eigenvalue weighted by Gasteiger charge is -2.26. The van der Waals surface area contributed by atoms with Crippen LogP contribution in [0.1, 0.15) is 19.8 Å². The normalized spacial score (nSPS) is 20.0. The second kappa shape index (κ2) is 7.94. The molecule has 0 aliphatic carbocycles. The number of benzene rings is 1. The second-order valence-corrected chi connectivity index (χ2v) is 6.34. The van der Waals surface area contributed by atoms with Crippen molar-refractivity contribution in [1.82, 2.24) is 20.4 Å². The van der Waals surface area contributed by atoms with Gasteiger partial charge in [0.15, 0.2) is 0 Å². The summed E-state index contributed by atoms with van der Waals surface area (Å²) in [6.45, 7) is 2.89. The molecule has 0 spiro atoms. The van der Waals surface area contributed by atoms with Gasteiger partial charge in [0.1, 0.15) is 0 Å². The maximum atomic E-state index is 12.1. The van der Waals surface area contributed by atoms with Crippen molar-refractivity contribution >= 4 is 17.5 Å². The second-order valence-electron chi connectivity index (χ2n) is 6.34. The minimum atomic E-state index is -0.234. The van der Waals surface area contributed by atoms with E-state index in [0.717, 1.165) is 25.1 Å². The molecule has 1 aromatic carbocycles. The third kappa shape index (κ3) is 4.67. The van der Waals surface area contributed by atoms with Gasteiger partial charge < -0.3 is 16.0 Å². The smallest absolute Gasteiger partial charge is 0.243 e. The molecule has 2 heterocycles. The fourth-order valence-electron chi connectivity index (χ4n) is 3.01. The maximum Gasteiger partial charge on any atom is 0.243 e. The Bertz CT molecular complexity index is 712. The van der Waals surface area contributed by atoms with E-state index in [1.54, 1.807) is 10.9 Å². The van der Waals surface area contributed by atoms with E-state index >= 15 is 0 Å². The van der Waals surface area contributed by atoms with E-state index in [-0.39, 0.29) is 24.3 Å². The largest absolute Gasteiger partial charge is 0.347 e. The predicted molar refractivity (Wildman–Crippen MR) is 95.4 cm³/mol. The number of nitrogens with zero attached hydrogens (tertiary/aromatic N) is 2. The molecule has 3 N–H and O–H groups in total. The molecule has 132 valence electrons. The number of carbonyl (C=O) groups is 2. The fraction of sp³-hybridized carbons (Fsp3) is 0.389. The molecule has 2 atom stereocenters. The number of rotatable bonds is 5. The minimum Gasteiger partial charge on any atom is -0.347 e. The first kappa shape index (κ1) is 17.2. The zero-order valence-corrected chi connectivity index (χ0v) is 14.2. The number of hydrogen-bond donors (Lipinski definition) is 3. The van der Waals surface area contributed by atoms with Gasteiger partial charge >= 0.3 is 0 Å². The molecule has 3 rings (SSSR count). The summed E-state index contributed by atoms with van der Waals surface area (Å²) >= 11 is 0. The number of aromatic nitrogens is 2. The van der Waals surface area contributed by atoms with Crippen molar-refractivity contribution in [2.75, 3.05) is 18.4 Å². The third-order valence-electron chi connectivity index (χ3n) is 4.34. The summed E-state index contributed by atoms with van der Waals surface area (Å²) in [6.07, 6.45) is 5.18. The van der Waals surface area contributed by atoms with Crippen LogP contribution >= 0.6 is 0 Å². The Hall–Kier alpha value is -2.67. The first-order valence-corrected chi connectivity index (χ1v) is 8.53. The molecule has 25 heavy (non-hydrogen) atoms. The van der Waals surface area contributed by atoms with Crippen LogP contribution in [0.15, 0.2) is 42.7 Å². The Balaban J connectivity index is 1.46. The average Bonchev–Trinajstić information content (AvgIpc) is 3.15. The summed E-state index contributed by atoms with van der Waals surface area (Å²) in [4.78, 5) is 24.2.